The number of hydrogen-bond donors (Lipinski definition) is 2. The summed E-state index contributed by atoms with van der Waals surface area (Å²) in [5.41, 5.74) is 6.03. The highest BCUT2D eigenvalue weighted by molar-refractivity contribution is 5.55. The van der Waals surface area contributed by atoms with E-state index in [9.17, 15) is 9.50 Å². The molecule has 16 heavy (non-hydrogen) atoms. The van der Waals surface area contributed by atoms with Crippen molar-refractivity contribution in [1.82, 2.24) is 0 Å². The van der Waals surface area contributed by atoms with E-state index in [0.717, 1.165) is 6.07 Å². The molecule has 0 aromatic heterocycles. The molecule has 88 valence electrons. The fourth-order valence-corrected chi connectivity index (χ4v) is 1.72. The molecule has 0 bridgehead atoms. The Kier molecular flexibility index (Phi) is 2.87. The lowest BCUT2D eigenvalue weighted by molar-refractivity contribution is 0.167. The molecule has 0 amide bonds. The molecule has 1 atom stereocenters. The number of ether oxygens (including phenoxy) is 2. The van der Waals surface area contributed by atoms with Crippen molar-refractivity contribution < 1.29 is 19.0 Å². The Balaban J connectivity index is 2.50. The Morgan fingerprint density at radius 1 is 1.50 bits per heavy atom. The largest absolute Gasteiger partial charge is 0.505 e. The second-order valence-electron chi connectivity index (χ2n) is 3.89. The maximum atomic E-state index is 13.4. The van der Waals surface area contributed by atoms with Crippen molar-refractivity contribution in [2.24, 2.45) is 5.73 Å². The minimum atomic E-state index is -0.708. The van der Waals surface area contributed by atoms with Crippen LogP contribution in [0.5, 0.6) is 17.2 Å². The molecule has 0 saturated heterocycles. The zero-order valence-electron chi connectivity index (χ0n) is 9.00. The van der Waals surface area contributed by atoms with E-state index in [4.69, 9.17) is 15.2 Å². The average Bonchev–Trinajstić information content (AvgIpc) is 2.24. The number of phenolic OH excluding ortho intramolecular Hbond substituents is 1. The van der Waals surface area contributed by atoms with Gasteiger partial charge < -0.3 is 20.3 Å². The molecule has 0 radical (unpaired) electrons. The van der Waals surface area contributed by atoms with Gasteiger partial charge in [-0.05, 0) is 13.3 Å². The Morgan fingerprint density at radius 2 is 2.19 bits per heavy atom. The van der Waals surface area contributed by atoms with Crippen LogP contribution in [0.15, 0.2) is 6.07 Å². The van der Waals surface area contributed by atoms with Gasteiger partial charge in [0.05, 0.1) is 0 Å². The van der Waals surface area contributed by atoms with E-state index in [2.05, 4.69) is 0 Å². The topological polar surface area (TPSA) is 64.7 Å². The van der Waals surface area contributed by atoms with Gasteiger partial charge >= 0.3 is 0 Å². The predicted molar refractivity (Wildman–Crippen MR) is 56.4 cm³/mol. The van der Waals surface area contributed by atoms with Crippen molar-refractivity contribution in [2.45, 2.75) is 19.4 Å². The summed E-state index contributed by atoms with van der Waals surface area (Å²) < 4.78 is 24.0. The molecule has 3 N–H and O–H groups in total. The lowest BCUT2D eigenvalue weighted by atomic mass is 10.0. The van der Waals surface area contributed by atoms with E-state index in [1.54, 1.807) is 6.92 Å². The monoisotopic (exact) mass is 227 g/mol. The molecule has 1 aromatic carbocycles. The second-order valence-corrected chi connectivity index (χ2v) is 3.89. The van der Waals surface area contributed by atoms with Gasteiger partial charge in [0, 0.05) is 17.7 Å². The number of hydrogen-bond acceptors (Lipinski definition) is 4. The Bertz CT molecular complexity index is 407. The van der Waals surface area contributed by atoms with Gasteiger partial charge in [-0.15, -0.1) is 0 Å². The van der Waals surface area contributed by atoms with Crippen molar-refractivity contribution in [3.8, 4) is 17.2 Å². The third-order valence-corrected chi connectivity index (χ3v) is 2.38. The van der Waals surface area contributed by atoms with Gasteiger partial charge in [0.15, 0.2) is 23.1 Å². The molecular weight excluding hydrogens is 213 g/mol. The number of halogens is 1. The van der Waals surface area contributed by atoms with Gasteiger partial charge in [0.25, 0.3) is 0 Å². The molecule has 0 fully saturated rings. The van der Waals surface area contributed by atoms with E-state index in [1.807, 2.05) is 0 Å². The standard InChI is InChI=1S/C11H14FNO3/c1-6(13)4-7-10(14)8(12)5-9-11(7)16-3-2-15-9/h5-6,14H,2-4,13H2,1H3. The minimum Gasteiger partial charge on any atom is -0.505 e. The molecule has 0 spiro atoms. The molecule has 2 rings (SSSR count). The fourth-order valence-electron chi connectivity index (χ4n) is 1.72. The molecule has 1 heterocycles. The van der Waals surface area contributed by atoms with E-state index in [0.29, 0.717) is 36.7 Å². The maximum absolute atomic E-state index is 13.4. The van der Waals surface area contributed by atoms with Crippen molar-refractivity contribution in [2.75, 3.05) is 13.2 Å². The lowest BCUT2D eigenvalue weighted by Gasteiger charge is -2.22. The number of benzene rings is 1. The first-order valence-electron chi connectivity index (χ1n) is 5.15. The normalized spacial score (nSPS) is 15.9. The Labute approximate surface area is 92.8 Å². The van der Waals surface area contributed by atoms with Gasteiger partial charge in [-0.1, -0.05) is 0 Å². The smallest absolute Gasteiger partial charge is 0.169 e. The van der Waals surface area contributed by atoms with E-state index in [1.165, 1.54) is 0 Å². The number of rotatable bonds is 2. The summed E-state index contributed by atoms with van der Waals surface area (Å²) in [6, 6.07) is 0.941. The van der Waals surface area contributed by atoms with Crippen LogP contribution in [0, 0.1) is 5.82 Å². The Hall–Kier alpha value is -1.49. The SMILES string of the molecule is CC(N)Cc1c(O)c(F)cc2c1OCCO2. The van der Waals surface area contributed by atoms with Crippen molar-refractivity contribution in [3.05, 3.63) is 17.4 Å². The summed E-state index contributed by atoms with van der Waals surface area (Å²) in [6.45, 7) is 2.55. The van der Waals surface area contributed by atoms with Gasteiger partial charge in [-0.2, -0.15) is 0 Å². The van der Waals surface area contributed by atoms with Crippen LogP contribution < -0.4 is 15.2 Å². The Morgan fingerprint density at radius 3 is 2.88 bits per heavy atom. The third-order valence-electron chi connectivity index (χ3n) is 2.38. The highest BCUT2D eigenvalue weighted by Crippen LogP contribution is 2.41. The van der Waals surface area contributed by atoms with E-state index < -0.39 is 11.6 Å². The number of phenols is 1. The molecule has 0 saturated carbocycles. The fraction of sp³-hybridized carbons (Fsp3) is 0.455. The summed E-state index contributed by atoms with van der Waals surface area (Å²) in [4.78, 5) is 0. The first-order valence-corrected chi connectivity index (χ1v) is 5.15. The van der Waals surface area contributed by atoms with Crippen molar-refractivity contribution >= 4 is 0 Å². The molecule has 0 aliphatic carbocycles. The maximum Gasteiger partial charge on any atom is 0.169 e. The molecule has 1 aliphatic rings. The highest BCUT2D eigenvalue weighted by Gasteiger charge is 2.23. The first kappa shape index (κ1) is 11.0. The van der Waals surface area contributed by atoms with Crippen molar-refractivity contribution in [3.63, 3.8) is 0 Å². The van der Waals surface area contributed by atoms with Crippen LogP contribution >= 0.6 is 0 Å². The predicted octanol–water partition coefficient (Wildman–Crippen LogP) is 1.19. The molecule has 4 nitrogen and oxygen atoms in total. The molecule has 1 unspecified atom stereocenters. The van der Waals surface area contributed by atoms with Crippen LogP contribution in [0.2, 0.25) is 0 Å². The average molecular weight is 227 g/mol. The van der Waals surface area contributed by atoms with E-state index >= 15 is 0 Å². The van der Waals surface area contributed by atoms with Crippen LogP contribution in [-0.4, -0.2) is 24.4 Å². The number of nitrogens with two attached hydrogens (primary N) is 1. The summed E-state index contributed by atoms with van der Waals surface area (Å²) in [5, 5.41) is 9.64. The summed E-state index contributed by atoms with van der Waals surface area (Å²) in [5.74, 6) is -0.374. The minimum absolute atomic E-state index is 0.192. The third kappa shape index (κ3) is 1.90. The quantitative estimate of drug-likeness (QED) is 0.796. The number of fused-ring (bicyclic) bond motifs is 1. The summed E-state index contributed by atoms with van der Waals surface area (Å²) >= 11 is 0. The van der Waals surface area contributed by atoms with Crippen LogP contribution in [0.3, 0.4) is 0 Å². The summed E-state index contributed by atoms with van der Waals surface area (Å²) in [6.07, 6.45) is 0.343. The van der Waals surface area contributed by atoms with Crippen LogP contribution in [0.1, 0.15) is 12.5 Å². The zero-order chi connectivity index (χ0) is 11.7. The van der Waals surface area contributed by atoms with Crippen LogP contribution in [-0.2, 0) is 6.42 Å². The van der Waals surface area contributed by atoms with Gasteiger partial charge in [0.2, 0.25) is 0 Å². The molecule has 1 aliphatic heterocycles. The molecule has 1 aromatic rings. The second kappa shape index (κ2) is 4.17. The number of aromatic hydroxyl groups is 1. The van der Waals surface area contributed by atoms with E-state index in [-0.39, 0.29) is 6.04 Å². The molecule has 5 heteroatoms. The van der Waals surface area contributed by atoms with Crippen LogP contribution in [0.4, 0.5) is 4.39 Å². The van der Waals surface area contributed by atoms with Crippen molar-refractivity contribution in [1.29, 1.82) is 0 Å². The van der Waals surface area contributed by atoms with Crippen LogP contribution in [0.25, 0.3) is 0 Å². The van der Waals surface area contributed by atoms with Gasteiger partial charge in [-0.25, -0.2) is 4.39 Å². The first-order chi connectivity index (χ1) is 7.59. The highest BCUT2D eigenvalue weighted by atomic mass is 19.1. The van der Waals surface area contributed by atoms with Gasteiger partial charge in [-0.3, -0.25) is 0 Å². The van der Waals surface area contributed by atoms with Gasteiger partial charge in [0.1, 0.15) is 13.2 Å². The molecular formula is C11H14FNO3. The zero-order valence-corrected chi connectivity index (χ0v) is 9.00. The lowest BCUT2D eigenvalue weighted by Crippen LogP contribution is -2.21. The summed E-state index contributed by atoms with van der Waals surface area (Å²) in [7, 11) is 0.